The summed E-state index contributed by atoms with van der Waals surface area (Å²) < 4.78 is 5.53. The van der Waals surface area contributed by atoms with E-state index in [9.17, 15) is 4.79 Å². The van der Waals surface area contributed by atoms with E-state index in [-0.39, 0.29) is 12.5 Å². The lowest BCUT2D eigenvalue weighted by atomic mass is 10.3. The van der Waals surface area contributed by atoms with Crippen molar-refractivity contribution in [1.29, 1.82) is 0 Å². The Hall–Kier alpha value is -2.49. The summed E-state index contributed by atoms with van der Waals surface area (Å²) in [5, 5.41) is 3.10. The van der Waals surface area contributed by atoms with Crippen LogP contribution in [0.3, 0.4) is 0 Å². The average molecular weight is 300 g/mol. The van der Waals surface area contributed by atoms with Crippen LogP contribution in [0.1, 0.15) is 6.92 Å². The van der Waals surface area contributed by atoms with Crippen molar-refractivity contribution < 1.29 is 9.53 Å². The van der Waals surface area contributed by atoms with Gasteiger partial charge in [0.1, 0.15) is 12.4 Å². The Labute approximate surface area is 132 Å². The molecule has 0 fully saturated rings. The molecule has 0 aromatic heterocycles. The molecule has 0 saturated heterocycles. The largest absolute Gasteiger partial charge is 0.489 e. The molecule has 1 aromatic rings. The van der Waals surface area contributed by atoms with Gasteiger partial charge in [-0.15, -0.1) is 13.2 Å². The van der Waals surface area contributed by atoms with E-state index in [2.05, 4.69) is 25.1 Å². The van der Waals surface area contributed by atoms with E-state index >= 15 is 0 Å². The van der Waals surface area contributed by atoms with E-state index in [0.717, 1.165) is 17.0 Å². The molecule has 118 valence electrons. The van der Waals surface area contributed by atoms with Crippen LogP contribution in [-0.4, -0.2) is 37.0 Å². The molecule has 0 spiro atoms. The van der Waals surface area contributed by atoms with Gasteiger partial charge in [-0.1, -0.05) is 18.7 Å². The lowest BCUT2D eigenvalue weighted by Crippen LogP contribution is -2.35. The normalized spacial score (nSPS) is 9.68. The van der Waals surface area contributed by atoms with Crippen LogP contribution in [0.5, 0.6) is 5.75 Å². The number of anilines is 1. The number of amides is 1. The van der Waals surface area contributed by atoms with Gasteiger partial charge in [0.05, 0.1) is 6.54 Å². The standard InChI is InChI=1S/C18H24N2O2/c1-5-11-20(12-6-2)18(21)13-19-16-7-9-17(10-8-16)22-14-15(3)4/h5-10,19H,1-3,11-14H2,4H3. The number of hydrogen-bond donors (Lipinski definition) is 1. The van der Waals surface area contributed by atoms with Gasteiger partial charge in [-0.3, -0.25) is 4.79 Å². The van der Waals surface area contributed by atoms with Crippen LogP contribution >= 0.6 is 0 Å². The summed E-state index contributed by atoms with van der Waals surface area (Å²) >= 11 is 0. The minimum Gasteiger partial charge on any atom is -0.489 e. The molecule has 4 heteroatoms. The molecule has 4 nitrogen and oxygen atoms in total. The highest BCUT2D eigenvalue weighted by atomic mass is 16.5. The number of ether oxygens (including phenoxy) is 1. The van der Waals surface area contributed by atoms with Crippen LogP contribution in [0.2, 0.25) is 0 Å². The molecule has 1 amide bonds. The third-order valence-electron chi connectivity index (χ3n) is 2.83. The summed E-state index contributed by atoms with van der Waals surface area (Å²) in [5.74, 6) is 0.780. The second-order valence-electron chi connectivity index (χ2n) is 5.00. The first kappa shape index (κ1) is 17.6. The van der Waals surface area contributed by atoms with Crippen LogP contribution in [-0.2, 0) is 4.79 Å². The molecule has 0 aliphatic heterocycles. The Morgan fingerprint density at radius 1 is 1.23 bits per heavy atom. The highest BCUT2D eigenvalue weighted by Crippen LogP contribution is 2.16. The van der Waals surface area contributed by atoms with Gasteiger partial charge in [0.15, 0.2) is 0 Å². The van der Waals surface area contributed by atoms with Crippen LogP contribution in [0, 0.1) is 0 Å². The van der Waals surface area contributed by atoms with Gasteiger partial charge in [0.2, 0.25) is 5.91 Å². The summed E-state index contributed by atoms with van der Waals surface area (Å²) in [6.45, 7) is 14.8. The quantitative estimate of drug-likeness (QED) is 0.674. The van der Waals surface area contributed by atoms with Gasteiger partial charge in [0.25, 0.3) is 0 Å². The summed E-state index contributed by atoms with van der Waals surface area (Å²) in [7, 11) is 0. The van der Waals surface area contributed by atoms with Crippen molar-refractivity contribution in [3.63, 3.8) is 0 Å². The predicted molar refractivity (Wildman–Crippen MR) is 92.2 cm³/mol. The second kappa shape index (κ2) is 9.45. The molecule has 0 bridgehead atoms. The molecule has 0 unspecified atom stereocenters. The third kappa shape index (κ3) is 6.31. The molecule has 0 heterocycles. The maximum absolute atomic E-state index is 12.1. The maximum Gasteiger partial charge on any atom is 0.242 e. The van der Waals surface area contributed by atoms with E-state index < -0.39 is 0 Å². The number of nitrogens with one attached hydrogen (secondary N) is 1. The number of carbonyl (C=O) groups excluding carboxylic acids is 1. The molecule has 1 N–H and O–H groups in total. The van der Waals surface area contributed by atoms with E-state index in [1.165, 1.54) is 0 Å². The van der Waals surface area contributed by atoms with Gasteiger partial charge in [-0.25, -0.2) is 0 Å². The maximum atomic E-state index is 12.1. The van der Waals surface area contributed by atoms with Crippen molar-refractivity contribution in [2.45, 2.75) is 6.92 Å². The summed E-state index contributed by atoms with van der Waals surface area (Å²) in [4.78, 5) is 13.8. The van der Waals surface area contributed by atoms with Crippen molar-refractivity contribution in [3.8, 4) is 5.75 Å². The van der Waals surface area contributed by atoms with Crippen LogP contribution in [0.15, 0.2) is 61.7 Å². The number of benzene rings is 1. The van der Waals surface area contributed by atoms with Gasteiger partial charge < -0.3 is 15.0 Å². The molecule has 1 rings (SSSR count). The first-order valence-electron chi connectivity index (χ1n) is 7.17. The van der Waals surface area contributed by atoms with Crippen molar-refractivity contribution in [1.82, 2.24) is 4.90 Å². The summed E-state index contributed by atoms with van der Waals surface area (Å²) in [6, 6.07) is 7.49. The fourth-order valence-electron chi connectivity index (χ4n) is 1.75. The molecule has 1 aromatic carbocycles. The number of nitrogens with zero attached hydrogens (tertiary/aromatic N) is 1. The first-order chi connectivity index (χ1) is 10.6. The first-order valence-corrected chi connectivity index (χ1v) is 7.17. The lowest BCUT2D eigenvalue weighted by Gasteiger charge is -2.19. The fourth-order valence-corrected chi connectivity index (χ4v) is 1.75. The molecule has 0 atom stereocenters. The topological polar surface area (TPSA) is 41.6 Å². The smallest absolute Gasteiger partial charge is 0.242 e. The molecule has 0 saturated carbocycles. The van der Waals surface area contributed by atoms with Crippen LogP contribution in [0.25, 0.3) is 0 Å². The zero-order valence-electron chi connectivity index (χ0n) is 13.2. The predicted octanol–water partition coefficient (Wildman–Crippen LogP) is 3.25. The zero-order valence-corrected chi connectivity index (χ0v) is 13.2. The Kier molecular flexibility index (Phi) is 7.54. The average Bonchev–Trinajstić information content (AvgIpc) is 2.51. The van der Waals surface area contributed by atoms with Crippen molar-refractivity contribution in [2.24, 2.45) is 0 Å². The molecule has 0 aliphatic carbocycles. The van der Waals surface area contributed by atoms with Gasteiger partial charge >= 0.3 is 0 Å². The van der Waals surface area contributed by atoms with Gasteiger partial charge in [-0.2, -0.15) is 0 Å². The second-order valence-corrected chi connectivity index (χ2v) is 5.00. The van der Waals surface area contributed by atoms with Crippen molar-refractivity contribution >= 4 is 11.6 Å². The van der Waals surface area contributed by atoms with E-state index in [1.807, 2.05) is 31.2 Å². The minimum atomic E-state index is 0.00223. The van der Waals surface area contributed by atoms with Crippen LogP contribution in [0.4, 0.5) is 5.69 Å². The lowest BCUT2D eigenvalue weighted by molar-refractivity contribution is -0.128. The third-order valence-corrected chi connectivity index (χ3v) is 2.83. The molecular weight excluding hydrogens is 276 g/mol. The molecule has 22 heavy (non-hydrogen) atoms. The van der Waals surface area contributed by atoms with Crippen molar-refractivity contribution in [3.05, 3.63) is 61.7 Å². The number of carbonyl (C=O) groups is 1. The number of hydrogen-bond acceptors (Lipinski definition) is 3. The van der Waals surface area contributed by atoms with E-state index in [0.29, 0.717) is 19.7 Å². The van der Waals surface area contributed by atoms with Gasteiger partial charge in [0, 0.05) is 18.8 Å². The monoisotopic (exact) mass is 300 g/mol. The molecule has 0 radical (unpaired) electrons. The highest BCUT2D eigenvalue weighted by Gasteiger charge is 2.09. The SMILES string of the molecule is C=CCN(CC=C)C(=O)CNc1ccc(OCC(=C)C)cc1. The van der Waals surface area contributed by atoms with E-state index in [4.69, 9.17) is 4.74 Å². The van der Waals surface area contributed by atoms with Crippen LogP contribution < -0.4 is 10.1 Å². The zero-order chi connectivity index (χ0) is 16.4. The molecular formula is C18H24N2O2. The Balaban J connectivity index is 2.49. The summed E-state index contributed by atoms with van der Waals surface area (Å²) in [5.41, 5.74) is 1.84. The Morgan fingerprint density at radius 3 is 2.32 bits per heavy atom. The Morgan fingerprint density at radius 2 is 1.82 bits per heavy atom. The minimum absolute atomic E-state index is 0.00223. The van der Waals surface area contributed by atoms with Gasteiger partial charge in [-0.05, 0) is 36.8 Å². The number of rotatable bonds is 10. The fraction of sp³-hybridized carbons (Fsp3) is 0.278. The molecule has 0 aliphatic rings. The summed E-state index contributed by atoms with van der Waals surface area (Å²) in [6.07, 6.45) is 3.41. The highest BCUT2D eigenvalue weighted by molar-refractivity contribution is 5.81. The Bertz CT molecular complexity index is 510. The van der Waals surface area contributed by atoms with E-state index in [1.54, 1.807) is 17.1 Å². The van der Waals surface area contributed by atoms with Crippen molar-refractivity contribution in [2.75, 3.05) is 31.6 Å².